The van der Waals surface area contributed by atoms with Crippen LogP contribution >= 0.6 is 11.8 Å². The van der Waals surface area contributed by atoms with E-state index < -0.39 is 6.03 Å². The van der Waals surface area contributed by atoms with Crippen molar-refractivity contribution in [3.63, 3.8) is 0 Å². The zero-order chi connectivity index (χ0) is 16.3. The summed E-state index contributed by atoms with van der Waals surface area (Å²) in [5.74, 6) is -0.271. The molecule has 0 heterocycles. The molecule has 0 fully saturated rings. The summed E-state index contributed by atoms with van der Waals surface area (Å²) in [4.78, 5) is 24.9. The lowest BCUT2D eigenvalue weighted by Crippen LogP contribution is -2.49. The number of thioether (sulfide) groups is 1. The van der Waals surface area contributed by atoms with E-state index in [0.29, 0.717) is 0 Å². The van der Waals surface area contributed by atoms with E-state index in [1.165, 1.54) is 29.3 Å². The van der Waals surface area contributed by atoms with Crippen LogP contribution in [0.5, 0.6) is 0 Å². The highest BCUT2D eigenvalue weighted by atomic mass is 32.2. The first-order valence-corrected chi connectivity index (χ1v) is 8.54. The molecule has 0 bridgehead atoms. The molecule has 0 radical (unpaired) electrons. The number of carbonyl (C=O) groups excluding carboxylic acids is 2. The van der Waals surface area contributed by atoms with Gasteiger partial charge >= 0.3 is 6.03 Å². The number of aryl methyl sites for hydroxylation is 2. The standard InChI is InChI=1S/C17H24N2O2S/c1-11(15(20)18-16(21)19-17(2,3)4)22-14-9-8-12-6-5-7-13(12)10-14/h8-11H,5-7H2,1-4H3,(H2,18,19,20,21)/t11-/m0/s1. The van der Waals surface area contributed by atoms with Gasteiger partial charge in [-0.3, -0.25) is 10.1 Å². The van der Waals surface area contributed by atoms with Gasteiger partial charge in [0.2, 0.25) is 5.91 Å². The molecule has 22 heavy (non-hydrogen) atoms. The third-order valence-corrected chi connectivity index (χ3v) is 4.57. The summed E-state index contributed by atoms with van der Waals surface area (Å²) in [6.45, 7) is 7.44. The van der Waals surface area contributed by atoms with E-state index in [1.807, 2.05) is 27.7 Å². The van der Waals surface area contributed by atoms with E-state index >= 15 is 0 Å². The fourth-order valence-corrected chi connectivity index (χ4v) is 3.40. The Labute approximate surface area is 136 Å². The molecular formula is C17H24N2O2S. The van der Waals surface area contributed by atoms with Gasteiger partial charge in [-0.05, 0) is 70.2 Å². The van der Waals surface area contributed by atoms with Gasteiger partial charge in [-0.2, -0.15) is 0 Å². The Hall–Kier alpha value is -1.49. The number of urea groups is 1. The number of hydrogen-bond donors (Lipinski definition) is 2. The quantitative estimate of drug-likeness (QED) is 0.840. The highest BCUT2D eigenvalue weighted by Crippen LogP contribution is 2.29. The molecule has 2 rings (SSSR count). The van der Waals surface area contributed by atoms with Crippen molar-refractivity contribution in [1.82, 2.24) is 10.6 Å². The van der Waals surface area contributed by atoms with E-state index in [4.69, 9.17) is 0 Å². The summed E-state index contributed by atoms with van der Waals surface area (Å²) in [5, 5.41) is 4.81. The van der Waals surface area contributed by atoms with Crippen LogP contribution in [0.4, 0.5) is 4.79 Å². The lowest BCUT2D eigenvalue weighted by Gasteiger charge is -2.21. The van der Waals surface area contributed by atoms with Crippen LogP contribution < -0.4 is 10.6 Å². The van der Waals surface area contributed by atoms with Crippen molar-refractivity contribution in [2.45, 2.75) is 62.6 Å². The Kier molecular flexibility index (Phi) is 5.16. The third kappa shape index (κ3) is 4.77. The average Bonchev–Trinajstić information content (AvgIpc) is 2.83. The number of rotatable bonds is 3. The van der Waals surface area contributed by atoms with Crippen molar-refractivity contribution in [2.75, 3.05) is 0 Å². The van der Waals surface area contributed by atoms with Crippen molar-refractivity contribution in [3.8, 4) is 0 Å². The highest BCUT2D eigenvalue weighted by molar-refractivity contribution is 8.00. The number of fused-ring (bicyclic) bond motifs is 1. The molecule has 5 heteroatoms. The zero-order valence-corrected chi connectivity index (χ0v) is 14.5. The molecule has 1 aliphatic rings. The van der Waals surface area contributed by atoms with Crippen LogP contribution in [0, 0.1) is 0 Å². The van der Waals surface area contributed by atoms with Gasteiger partial charge in [0, 0.05) is 10.4 Å². The Balaban J connectivity index is 1.90. The molecule has 0 spiro atoms. The molecule has 2 N–H and O–H groups in total. The second kappa shape index (κ2) is 6.73. The van der Waals surface area contributed by atoms with Crippen LogP contribution in [0.25, 0.3) is 0 Å². The second-order valence-electron chi connectivity index (χ2n) is 6.74. The van der Waals surface area contributed by atoms with E-state index in [9.17, 15) is 9.59 Å². The van der Waals surface area contributed by atoms with Gasteiger partial charge in [0.1, 0.15) is 0 Å². The summed E-state index contributed by atoms with van der Waals surface area (Å²) >= 11 is 1.49. The van der Waals surface area contributed by atoms with Crippen LogP contribution in [-0.2, 0) is 17.6 Å². The Bertz CT molecular complexity index is 579. The molecule has 0 unspecified atom stereocenters. The van der Waals surface area contributed by atoms with Crippen molar-refractivity contribution >= 4 is 23.7 Å². The lowest BCUT2D eigenvalue weighted by molar-refractivity contribution is -0.119. The third-order valence-electron chi connectivity index (χ3n) is 3.48. The molecule has 120 valence electrons. The largest absolute Gasteiger partial charge is 0.333 e. The van der Waals surface area contributed by atoms with Gasteiger partial charge in [-0.25, -0.2) is 4.79 Å². The molecule has 0 aliphatic heterocycles. The normalized spacial score (nSPS) is 15.1. The minimum absolute atomic E-state index is 0.271. The van der Waals surface area contributed by atoms with Crippen LogP contribution in [0.15, 0.2) is 23.1 Å². The Morgan fingerprint density at radius 3 is 2.55 bits per heavy atom. The number of benzene rings is 1. The van der Waals surface area contributed by atoms with E-state index in [2.05, 4.69) is 28.8 Å². The smallest absolute Gasteiger partial charge is 0.321 e. The fraction of sp³-hybridized carbons (Fsp3) is 0.529. The molecule has 4 nitrogen and oxygen atoms in total. The van der Waals surface area contributed by atoms with Gasteiger partial charge in [0.25, 0.3) is 0 Å². The van der Waals surface area contributed by atoms with Gasteiger partial charge in [0.05, 0.1) is 5.25 Å². The molecule has 0 saturated heterocycles. The predicted octanol–water partition coefficient (Wildman–Crippen LogP) is 3.28. The predicted molar refractivity (Wildman–Crippen MR) is 90.2 cm³/mol. The second-order valence-corrected chi connectivity index (χ2v) is 8.15. The number of carbonyl (C=O) groups is 2. The molecule has 1 aliphatic carbocycles. The number of nitrogens with one attached hydrogen (secondary N) is 2. The van der Waals surface area contributed by atoms with Crippen LogP contribution in [0.3, 0.4) is 0 Å². The summed E-state index contributed by atoms with van der Waals surface area (Å²) in [6.07, 6.45) is 3.49. The first kappa shape index (κ1) is 16.9. The number of imide groups is 1. The zero-order valence-electron chi connectivity index (χ0n) is 13.7. The van der Waals surface area contributed by atoms with E-state index in [1.54, 1.807) is 0 Å². The van der Waals surface area contributed by atoms with Crippen molar-refractivity contribution in [3.05, 3.63) is 29.3 Å². The monoisotopic (exact) mass is 320 g/mol. The summed E-state index contributed by atoms with van der Waals surface area (Å²) in [6, 6.07) is 5.94. The first-order valence-electron chi connectivity index (χ1n) is 7.66. The van der Waals surface area contributed by atoms with Crippen LogP contribution in [0.1, 0.15) is 45.2 Å². The molecule has 0 aromatic heterocycles. The highest BCUT2D eigenvalue weighted by Gasteiger charge is 2.20. The van der Waals surface area contributed by atoms with Gasteiger partial charge in [-0.1, -0.05) is 6.07 Å². The summed E-state index contributed by atoms with van der Waals surface area (Å²) in [5.41, 5.74) is 2.45. The maximum Gasteiger partial charge on any atom is 0.321 e. The van der Waals surface area contributed by atoms with E-state index in [0.717, 1.165) is 17.7 Å². The molecule has 0 saturated carbocycles. The molecule has 1 aromatic rings. The maximum absolute atomic E-state index is 12.1. The van der Waals surface area contributed by atoms with Crippen molar-refractivity contribution < 1.29 is 9.59 Å². The van der Waals surface area contributed by atoms with Gasteiger partial charge in [0.15, 0.2) is 0 Å². The van der Waals surface area contributed by atoms with E-state index in [-0.39, 0.29) is 16.7 Å². The van der Waals surface area contributed by atoms with Crippen LogP contribution in [0.2, 0.25) is 0 Å². The molecular weight excluding hydrogens is 296 g/mol. The molecule has 1 aromatic carbocycles. The Morgan fingerprint density at radius 1 is 1.18 bits per heavy atom. The molecule has 3 amide bonds. The summed E-state index contributed by atoms with van der Waals surface area (Å²) in [7, 11) is 0. The minimum Gasteiger partial charge on any atom is -0.333 e. The maximum atomic E-state index is 12.1. The molecule has 1 atom stereocenters. The number of amides is 3. The lowest BCUT2D eigenvalue weighted by atomic mass is 10.1. The average molecular weight is 320 g/mol. The minimum atomic E-state index is -0.445. The first-order chi connectivity index (χ1) is 10.2. The fourth-order valence-electron chi connectivity index (χ4n) is 2.46. The van der Waals surface area contributed by atoms with Crippen molar-refractivity contribution in [2.24, 2.45) is 0 Å². The SMILES string of the molecule is C[C@H](Sc1ccc2c(c1)CCC2)C(=O)NC(=O)NC(C)(C)C. The number of hydrogen-bond acceptors (Lipinski definition) is 3. The van der Waals surface area contributed by atoms with Gasteiger partial charge in [-0.15, -0.1) is 11.8 Å². The van der Waals surface area contributed by atoms with Gasteiger partial charge < -0.3 is 5.32 Å². The topological polar surface area (TPSA) is 58.2 Å². The van der Waals surface area contributed by atoms with Crippen molar-refractivity contribution in [1.29, 1.82) is 0 Å². The summed E-state index contributed by atoms with van der Waals surface area (Å²) < 4.78 is 0. The Morgan fingerprint density at radius 2 is 1.86 bits per heavy atom. The van der Waals surface area contributed by atoms with Crippen LogP contribution in [-0.4, -0.2) is 22.7 Å².